The number of nitrogens with one attached hydrogen (secondary N) is 2. The van der Waals surface area contributed by atoms with Gasteiger partial charge in [-0.2, -0.15) is 0 Å². The zero-order chi connectivity index (χ0) is 12.8. The number of rotatable bonds is 2. The second kappa shape index (κ2) is 5.88. The minimum atomic E-state index is -0.254. The summed E-state index contributed by atoms with van der Waals surface area (Å²) in [5, 5.41) is 0. The Labute approximate surface area is 110 Å². The van der Waals surface area contributed by atoms with Gasteiger partial charge in [0.15, 0.2) is 0 Å². The number of carbonyl (C=O) groups excluding carboxylic acids is 1. The first-order valence-corrected chi connectivity index (χ1v) is 5.74. The van der Waals surface area contributed by atoms with Gasteiger partial charge in [-0.15, -0.1) is 0 Å². The Bertz CT molecular complexity index is 491. The summed E-state index contributed by atoms with van der Waals surface area (Å²) in [5.74, 6) is -0.254. The molecule has 0 aliphatic rings. The number of carbonyl (C=O) groups is 1. The van der Waals surface area contributed by atoms with Gasteiger partial charge in [-0.3, -0.25) is 20.6 Å². The van der Waals surface area contributed by atoms with Crippen LogP contribution in [0.1, 0.15) is 15.9 Å². The Morgan fingerprint density at radius 3 is 2.28 bits per heavy atom. The maximum Gasteiger partial charge on any atom is 0.269 e. The van der Waals surface area contributed by atoms with E-state index in [0.717, 1.165) is 5.56 Å². The van der Waals surface area contributed by atoms with Crippen LogP contribution in [0.4, 0.5) is 0 Å². The number of amides is 1. The minimum absolute atomic E-state index is 0.254. The van der Waals surface area contributed by atoms with E-state index in [-0.39, 0.29) is 5.91 Å². The molecule has 90 valence electrons. The second-order valence-corrected chi connectivity index (χ2v) is 3.92. The van der Waals surface area contributed by atoms with Crippen molar-refractivity contribution in [3.05, 3.63) is 66.0 Å². The lowest BCUT2D eigenvalue weighted by molar-refractivity contribution is 0.0944. The van der Waals surface area contributed by atoms with E-state index in [1.54, 1.807) is 24.5 Å². The van der Waals surface area contributed by atoms with Gasteiger partial charge in [-0.05, 0) is 12.1 Å². The highest BCUT2D eigenvalue weighted by Crippen LogP contribution is 1.99. The van der Waals surface area contributed by atoms with Crippen molar-refractivity contribution in [1.29, 1.82) is 0 Å². The molecule has 2 aromatic rings. The van der Waals surface area contributed by atoms with Gasteiger partial charge in [0.05, 0.1) is 0 Å². The number of hydrogen-bond acceptors (Lipinski definition) is 3. The standard InChI is InChI=1S/C13H11N3OS/c17-12(10-6-8-14-9-7-10)15-16-13(18)11-4-2-1-3-5-11/h1-9H,(H,15,17)(H,16,18). The first-order chi connectivity index (χ1) is 8.77. The molecule has 0 saturated carbocycles. The fourth-order valence-electron chi connectivity index (χ4n) is 1.35. The zero-order valence-corrected chi connectivity index (χ0v) is 10.3. The number of thiocarbonyl (C=S) groups is 1. The van der Waals surface area contributed by atoms with Gasteiger partial charge in [0.2, 0.25) is 0 Å². The van der Waals surface area contributed by atoms with Gasteiger partial charge < -0.3 is 0 Å². The summed E-state index contributed by atoms with van der Waals surface area (Å²) >= 11 is 5.15. The normalized spacial score (nSPS) is 9.56. The van der Waals surface area contributed by atoms with Gasteiger partial charge in [0.25, 0.3) is 5.91 Å². The lowest BCUT2D eigenvalue weighted by Gasteiger charge is -2.09. The second-order valence-electron chi connectivity index (χ2n) is 3.51. The van der Waals surface area contributed by atoms with Crippen LogP contribution < -0.4 is 10.9 Å². The van der Waals surface area contributed by atoms with Crippen molar-refractivity contribution >= 4 is 23.1 Å². The molecule has 0 radical (unpaired) electrons. The highest BCUT2D eigenvalue weighted by atomic mass is 32.1. The number of nitrogens with zero attached hydrogens (tertiary/aromatic N) is 1. The van der Waals surface area contributed by atoms with Gasteiger partial charge in [0, 0.05) is 23.5 Å². The van der Waals surface area contributed by atoms with Gasteiger partial charge >= 0.3 is 0 Å². The quantitative estimate of drug-likeness (QED) is 0.635. The van der Waals surface area contributed by atoms with Crippen LogP contribution in [0.25, 0.3) is 0 Å². The summed E-state index contributed by atoms with van der Waals surface area (Å²) in [6.45, 7) is 0. The molecular weight excluding hydrogens is 246 g/mol. The van der Waals surface area contributed by atoms with E-state index in [9.17, 15) is 4.79 Å². The fourth-order valence-corrected chi connectivity index (χ4v) is 1.54. The van der Waals surface area contributed by atoms with Gasteiger partial charge in [-0.1, -0.05) is 42.5 Å². The van der Waals surface area contributed by atoms with Crippen molar-refractivity contribution in [1.82, 2.24) is 15.8 Å². The van der Waals surface area contributed by atoms with E-state index >= 15 is 0 Å². The average Bonchev–Trinajstić information content (AvgIpc) is 2.46. The average molecular weight is 257 g/mol. The van der Waals surface area contributed by atoms with E-state index in [0.29, 0.717) is 10.6 Å². The Morgan fingerprint density at radius 2 is 1.61 bits per heavy atom. The summed E-state index contributed by atoms with van der Waals surface area (Å²) in [5.41, 5.74) is 6.62. The number of benzene rings is 1. The topological polar surface area (TPSA) is 54.0 Å². The lowest BCUT2D eigenvalue weighted by atomic mass is 10.2. The summed E-state index contributed by atoms with van der Waals surface area (Å²) in [7, 11) is 0. The number of pyridine rings is 1. The maximum absolute atomic E-state index is 11.7. The Balaban J connectivity index is 1.93. The van der Waals surface area contributed by atoms with Crippen LogP contribution in [0.2, 0.25) is 0 Å². The molecule has 0 aliphatic heterocycles. The molecule has 0 bridgehead atoms. The van der Waals surface area contributed by atoms with Crippen molar-refractivity contribution in [2.45, 2.75) is 0 Å². The molecule has 0 spiro atoms. The largest absolute Gasteiger partial charge is 0.287 e. The Hall–Kier alpha value is -2.27. The van der Waals surface area contributed by atoms with Crippen LogP contribution in [0, 0.1) is 0 Å². The van der Waals surface area contributed by atoms with Crippen molar-refractivity contribution in [2.75, 3.05) is 0 Å². The molecule has 5 heteroatoms. The highest BCUT2D eigenvalue weighted by Gasteiger charge is 2.05. The van der Waals surface area contributed by atoms with Gasteiger partial charge in [0.1, 0.15) is 4.99 Å². The summed E-state index contributed by atoms with van der Waals surface area (Å²) in [6, 6.07) is 12.7. The van der Waals surface area contributed by atoms with E-state index in [4.69, 9.17) is 12.2 Å². The lowest BCUT2D eigenvalue weighted by Crippen LogP contribution is -2.41. The molecule has 2 rings (SSSR count). The van der Waals surface area contributed by atoms with Crippen molar-refractivity contribution in [3.63, 3.8) is 0 Å². The van der Waals surface area contributed by atoms with Gasteiger partial charge in [-0.25, -0.2) is 0 Å². The Kier molecular flexibility index (Phi) is 3.98. The van der Waals surface area contributed by atoms with Crippen LogP contribution in [0.15, 0.2) is 54.9 Å². The fraction of sp³-hybridized carbons (Fsp3) is 0. The molecular formula is C13H11N3OS. The number of hydrazine groups is 1. The summed E-state index contributed by atoms with van der Waals surface area (Å²) in [6.07, 6.45) is 3.12. The third-order valence-electron chi connectivity index (χ3n) is 2.27. The van der Waals surface area contributed by atoms with E-state index in [1.807, 2.05) is 30.3 Å². The SMILES string of the molecule is O=C(NNC(=S)c1ccccc1)c1ccncc1. The van der Waals surface area contributed by atoms with Crippen LogP contribution >= 0.6 is 12.2 Å². The smallest absolute Gasteiger partial charge is 0.269 e. The first-order valence-electron chi connectivity index (χ1n) is 5.33. The van der Waals surface area contributed by atoms with Crippen molar-refractivity contribution in [3.8, 4) is 0 Å². The predicted molar refractivity (Wildman–Crippen MR) is 73.0 cm³/mol. The van der Waals surface area contributed by atoms with Crippen molar-refractivity contribution in [2.24, 2.45) is 0 Å². The molecule has 1 aromatic heterocycles. The van der Waals surface area contributed by atoms with Crippen molar-refractivity contribution < 1.29 is 4.79 Å². The van der Waals surface area contributed by atoms with E-state index < -0.39 is 0 Å². The number of aromatic nitrogens is 1. The molecule has 0 fully saturated rings. The first kappa shape index (κ1) is 12.2. The monoisotopic (exact) mass is 257 g/mol. The Morgan fingerprint density at radius 1 is 0.944 bits per heavy atom. The van der Waals surface area contributed by atoms with E-state index in [1.165, 1.54) is 0 Å². The van der Waals surface area contributed by atoms with Crippen LogP contribution in [-0.4, -0.2) is 15.9 Å². The molecule has 4 nitrogen and oxygen atoms in total. The van der Waals surface area contributed by atoms with Crippen LogP contribution in [0.5, 0.6) is 0 Å². The van der Waals surface area contributed by atoms with E-state index in [2.05, 4.69) is 15.8 Å². The molecule has 0 aliphatic carbocycles. The molecule has 0 saturated heterocycles. The maximum atomic E-state index is 11.7. The third kappa shape index (κ3) is 3.11. The predicted octanol–water partition coefficient (Wildman–Crippen LogP) is 1.69. The molecule has 1 heterocycles. The van der Waals surface area contributed by atoms with Crippen LogP contribution in [-0.2, 0) is 0 Å². The minimum Gasteiger partial charge on any atom is -0.287 e. The van der Waals surface area contributed by atoms with Crippen LogP contribution in [0.3, 0.4) is 0 Å². The molecule has 1 amide bonds. The molecule has 0 unspecified atom stereocenters. The molecule has 2 N–H and O–H groups in total. The molecule has 1 aromatic carbocycles. The zero-order valence-electron chi connectivity index (χ0n) is 9.46. The third-order valence-corrected chi connectivity index (χ3v) is 2.61. The summed E-state index contributed by atoms with van der Waals surface area (Å²) in [4.78, 5) is 16.0. The molecule has 0 atom stereocenters. The highest BCUT2D eigenvalue weighted by molar-refractivity contribution is 7.80. The summed E-state index contributed by atoms with van der Waals surface area (Å²) < 4.78 is 0. The molecule has 18 heavy (non-hydrogen) atoms. The number of hydrogen-bond donors (Lipinski definition) is 2.